The number of carbonyl (C=O) groups excluding carboxylic acids is 1. The van der Waals surface area contributed by atoms with E-state index in [4.69, 9.17) is 19.0 Å². The fourth-order valence-corrected chi connectivity index (χ4v) is 4.66. The Bertz CT molecular complexity index is 1580. The van der Waals surface area contributed by atoms with Crippen LogP contribution in [0.5, 0.6) is 23.0 Å². The number of aliphatic hydroxyl groups is 4. The quantitative estimate of drug-likeness (QED) is 0.123. The number of benzene rings is 2. The summed E-state index contributed by atoms with van der Waals surface area (Å²) in [5, 5.41) is 90.9. The van der Waals surface area contributed by atoms with Gasteiger partial charge in [0.05, 0.1) is 24.0 Å². The van der Waals surface area contributed by atoms with Crippen LogP contribution in [0.2, 0.25) is 0 Å². The first kappa shape index (κ1) is 30.5. The Morgan fingerprint density at radius 2 is 1.62 bits per heavy atom. The van der Waals surface area contributed by atoms with E-state index in [1.54, 1.807) is 0 Å². The molecule has 9 N–H and O–H groups in total. The molecule has 1 fully saturated rings. The summed E-state index contributed by atoms with van der Waals surface area (Å²) in [6.07, 6.45) is -10.5. The first-order chi connectivity index (χ1) is 19.6. The number of aliphatic hydroxyl groups excluding tert-OH is 3. The summed E-state index contributed by atoms with van der Waals surface area (Å²) in [5.74, 6) is -5.07. The Balaban J connectivity index is 1.63. The van der Waals surface area contributed by atoms with E-state index in [1.807, 2.05) is 0 Å². The van der Waals surface area contributed by atoms with Crippen molar-refractivity contribution >= 4 is 22.9 Å². The predicted octanol–water partition coefficient (Wildman–Crippen LogP) is -0.0360. The van der Waals surface area contributed by atoms with Crippen molar-refractivity contribution in [2.75, 3.05) is 6.61 Å². The highest BCUT2D eigenvalue weighted by Gasteiger charge is 2.47. The summed E-state index contributed by atoms with van der Waals surface area (Å²) in [6.45, 7) is 0.355. The Hall–Kier alpha value is -4.41. The minimum atomic E-state index is -1.95. The van der Waals surface area contributed by atoms with Gasteiger partial charge in [0.1, 0.15) is 65.4 Å². The number of aromatic hydroxyl groups is 4. The topological polar surface area (TPSA) is 265 Å². The van der Waals surface area contributed by atoms with Gasteiger partial charge in [-0.25, -0.2) is 0 Å². The van der Waals surface area contributed by atoms with Crippen LogP contribution in [0.25, 0.3) is 22.3 Å². The average Bonchev–Trinajstić information content (AvgIpc) is 2.87. The molecule has 0 saturated carbocycles. The molecular formula is C27H28O15. The Kier molecular flexibility index (Phi) is 8.34. The van der Waals surface area contributed by atoms with Gasteiger partial charge < -0.3 is 59.8 Å². The lowest BCUT2D eigenvalue weighted by atomic mass is 9.89. The van der Waals surface area contributed by atoms with E-state index in [9.17, 15) is 55.2 Å². The number of carboxylic acids is 1. The SMILES string of the molecule is C[C@](O)(CC(=O)O)CC(=O)OC[C@H]1O[C@@H](c2c(O)cc3oc(-c4ccc(O)c(O)c4)cc(=O)c3c2O)[C@H](O)[C@@H](O)[C@@H]1O. The van der Waals surface area contributed by atoms with E-state index in [-0.39, 0.29) is 16.9 Å². The van der Waals surface area contributed by atoms with E-state index in [0.29, 0.717) is 0 Å². The molecule has 0 bridgehead atoms. The second kappa shape index (κ2) is 11.5. The van der Waals surface area contributed by atoms with Crippen molar-refractivity contribution in [1.82, 2.24) is 0 Å². The van der Waals surface area contributed by atoms with E-state index < -0.39 is 107 Å². The van der Waals surface area contributed by atoms with Gasteiger partial charge in [-0.15, -0.1) is 0 Å². The summed E-state index contributed by atoms with van der Waals surface area (Å²) >= 11 is 0. The zero-order valence-electron chi connectivity index (χ0n) is 21.9. The van der Waals surface area contributed by atoms with Crippen LogP contribution in [0, 0.1) is 0 Å². The highest BCUT2D eigenvalue weighted by molar-refractivity contribution is 5.88. The molecule has 3 aromatic rings. The second-order valence-corrected chi connectivity index (χ2v) is 10.2. The Morgan fingerprint density at radius 1 is 0.929 bits per heavy atom. The van der Waals surface area contributed by atoms with Gasteiger partial charge in [-0.1, -0.05) is 0 Å². The highest BCUT2D eigenvalue weighted by Crippen LogP contribution is 2.45. The van der Waals surface area contributed by atoms with E-state index in [1.165, 1.54) is 6.07 Å². The van der Waals surface area contributed by atoms with Crippen molar-refractivity contribution in [2.24, 2.45) is 0 Å². The maximum absolute atomic E-state index is 13.0. The standard InChI is InChI=1S/C27H28O15/c1-27(39,7-18(32)33)8-19(34)40-9-17-22(35)24(37)25(38)26(42-17)21-14(31)6-16-20(23(21)36)13(30)5-15(41-16)10-2-3-11(28)12(29)4-10/h2-6,17,22,24-26,28-29,31,35-39H,7-9H2,1H3,(H,32,33)/t17-,22-,24+,25-,26+,27+/m1/s1. The number of phenolic OH excluding ortho intramolecular Hbond substituents is 4. The molecular weight excluding hydrogens is 564 g/mol. The molecule has 1 aliphatic rings. The molecule has 0 spiro atoms. The van der Waals surface area contributed by atoms with Gasteiger partial charge in [-0.2, -0.15) is 0 Å². The predicted molar refractivity (Wildman–Crippen MR) is 139 cm³/mol. The smallest absolute Gasteiger partial charge is 0.308 e. The highest BCUT2D eigenvalue weighted by atomic mass is 16.6. The zero-order valence-corrected chi connectivity index (χ0v) is 21.9. The van der Waals surface area contributed by atoms with Gasteiger partial charge in [-0.3, -0.25) is 14.4 Å². The second-order valence-electron chi connectivity index (χ2n) is 10.2. The van der Waals surface area contributed by atoms with E-state index in [0.717, 1.165) is 31.2 Å². The molecule has 1 aromatic heterocycles. The summed E-state index contributed by atoms with van der Waals surface area (Å²) in [6, 6.07) is 5.51. The number of fused-ring (bicyclic) bond motifs is 1. The molecule has 226 valence electrons. The zero-order chi connectivity index (χ0) is 31.1. The lowest BCUT2D eigenvalue weighted by Crippen LogP contribution is -2.55. The Labute approximate surface area is 235 Å². The maximum atomic E-state index is 13.0. The van der Waals surface area contributed by atoms with Crippen LogP contribution in [-0.4, -0.2) is 94.5 Å². The molecule has 0 unspecified atom stereocenters. The van der Waals surface area contributed by atoms with E-state index >= 15 is 0 Å². The summed E-state index contributed by atoms with van der Waals surface area (Å²) in [5.41, 5.74) is -3.45. The van der Waals surface area contributed by atoms with Crippen LogP contribution in [0.3, 0.4) is 0 Å². The van der Waals surface area contributed by atoms with Crippen molar-refractivity contribution in [2.45, 2.75) is 55.9 Å². The molecule has 1 aliphatic heterocycles. The number of esters is 1. The van der Waals surface area contributed by atoms with E-state index in [2.05, 4.69) is 0 Å². The van der Waals surface area contributed by atoms with Crippen LogP contribution in [0.15, 0.2) is 39.5 Å². The fourth-order valence-electron chi connectivity index (χ4n) is 4.66. The molecule has 0 radical (unpaired) electrons. The molecule has 0 aliphatic carbocycles. The molecule has 2 heterocycles. The van der Waals surface area contributed by atoms with Crippen molar-refractivity contribution in [3.8, 4) is 34.3 Å². The van der Waals surface area contributed by atoms with Crippen molar-refractivity contribution in [1.29, 1.82) is 0 Å². The third-order valence-electron chi connectivity index (χ3n) is 6.73. The molecule has 42 heavy (non-hydrogen) atoms. The third-order valence-corrected chi connectivity index (χ3v) is 6.73. The van der Waals surface area contributed by atoms with Gasteiger partial charge in [0, 0.05) is 17.7 Å². The average molecular weight is 593 g/mol. The number of hydrogen-bond acceptors (Lipinski definition) is 14. The monoisotopic (exact) mass is 592 g/mol. The van der Waals surface area contributed by atoms with Crippen LogP contribution >= 0.6 is 0 Å². The van der Waals surface area contributed by atoms with Gasteiger partial charge in [0.15, 0.2) is 16.9 Å². The van der Waals surface area contributed by atoms with Gasteiger partial charge in [0.25, 0.3) is 0 Å². The van der Waals surface area contributed by atoms with Gasteiger partial charge >= 0.3 is 11.9 Å². The van der Waals surface area contributed by atoms with Crippen molar-refractivity contribution in [3.05, 3.63) is 46.1 Å². The van der Waals surface area contributed by atoms with Crippen LogP contribution in [-0.2, 0) is 19.1 Å². The summed E-state index contributed by atoms with van der Waals surface area (Å²) in [7, 11) is 0. The van der Waals surface area contributed by atoms with Crippen LogP contribution < -0.4 is 5.43 Å². The van der Waals surface area contributed by atoms with Gasteiger partial charge in [0.2, 0.25) is 0 Å². The van der Waals surface area contributed by atoms with Crippen LogP contribution in [0.1, 0.15) is 31.4 Å². The number of carbonyl (C=O) groups is 2. The third kappa shape index (κ3) is 6.09. The molecule has 1 saturated heterocycles. The minimum Gasteiger partial charge on any atom is -0.507 e. The maximum Gasteiger partial charge on any atom is 0.308 e. The molecule has 15 heteroatoms. The summed E-state index contributed by atoms with van der Waals surface area (Å²) in [4.78, 5) is 36.0. The van der Waals surface area contributed by atoms with Crippen molar-refractivity contribution < 1.29 is 69.4 Å². The Morgan fingerprint density at radius 3 is 2.26 bits per heavy atom. The molecule has 15 nitrogen and oxygen atoms in total. The molecule has 2 aromatic carbocycles. The largest absolute Gasteiger partial charge is 0.507 e. The minimum absolute atomic E-state index is 0.0916. The number of carboxylic acid groups (broad SMARTS) is 1. The first-order valence-electron chi connectivity index (χ1n) is 12.4. The van der Waals surface area contributed by atoms with Crippen LogP contribution in [0.4, 0.5) is 0 Å². The first-order valence-corrected chi connectivity index (χ1v) is 12.4. The lowest BCUT2D eigenvalue weighted by Gasteiger charge is -2.40. The number of aliphatic carboxylic acids is 1. The summed E-state index contributed by atoms with van der Waals surface area (Å²) < 4.78 is 16.2. The number of ether oxygens (including phenoxy) is 2. The lowest BCUT2D eigenvalue weighted by molar-refractivity contribution is -0.235. The molecule has 0 amide bonds. The number of rotatable bonds is 8. The number of phenols is 4. The molecule has 4 rings (SSSR count). The van der Waals surface area contributed by atoms with Gasteiger partial charge in [-0.05, 0) is 25.1 Å². The fraction of sp³-hybridized carbons (Fsp3) is 0.370. The molecule has 6 atom stereocenters. The number of hydrogen-bond donors (Lipinski definition) is 9. The van der Waals surface area contributed by atoms with Crippen molar-refractivity contribution in [3.63, 3.8) is 0 Å². The normalized spacial score (nSPS) is 23.8.